The lowest BCUT2D eigenvalue weighted by molar-refractivity contribution is 0.111. The number of likely N-dealkylation sites (tertiary alicyclic amines) is 1. The van der Waals surface area contributed by atoms with Crippen LogP contribution in [-0.2, 0) is 6.54 Å². The third-order valence-electron chi connectivity index (χ3n) is 4.09. The van der Waals surface area contributed by atoms with Gasteiger partial charge < -0.3 is 9.42 Å². The van der Waals surface area contributed by atoms with Crippen LogP contribution in [0.1, 0.15) is 42.6 Å². The van der Waals surface area contributed by atoms with E-state index in [-0.39, 0.29) is 6.04 Å². The second-order valence-corrected chi connectivity index (χ2v) is 6.08. The summed E-state index contributed by atoms with van der Waals surface area (Å²) in [6.07, 6.45) is 5.46. The summed E-state index contributed by atoms with van der Waals surface area (Å²) in [5.41, 5.74) is 1.22. The highest BCUT2D eigenvalue weighted by Crippen LogP contribution is 2.31. The number of anilines is 1. The zero-order valence-corrected chi connectivity index (χ0v) is 13.5. The minimum atomic E-state index is 0.225. The normalized spacial score (nSPS) is 19.3. The van der Waals surface area contributed by atoms with Crippen molar-refractivity contribution in [3.05, 3.63) is 35.6 Å². The molecule has 6 nitrogen and oxygen atoms in total. The Morgan fingerprint density at radius 2 is 2.18 bits per heavy atom. The van der Waals surface area contributed by atoms with E-state index in [4.69, 9.17) is 4.52 Å². The molecule has 1 aliphatic rings. The van der Waals surface area contributed by atoms with Gasteiger partial charge in [-0.2, -0.15) is 4.98 Å². The standard InChI is InChI=1S/C16H23N5O/c1-12-18-16(22-19-12)14-6-4-5-9-21(14)11-13-7-8-15(17-10-13)20(2)3/h7-8,10,14H,4-6,9,11H2,1-3H3. The van der Waals surface area contributed by atoms with E-state index in [0.717, 1.165) is 31.2 Å². The van der Waals surface area contributed by atoms with Crippen LogP contribution in [0.2, 0.25) is 0 Å². The Morgan fingerprint density at radius 1 is 1.32 bits per heavy atom. The van der Waals surface area contributed by atoms with Crippen molar-refractivity contribution in [2.45, 2.75) is 38.8 Å². The molecular weight excluding hydrogens is 278 g/mol. The van der Waals surface area contributed by atoms with Gasteiger partial charge in [-0.1, -0.05) is 17.6 Å². The van der Waals surface area contributed by atoms with E-state index in [0.29, 0.717) is 5.82 Å². The van der Waals surface area contributed by atoms with Gasteiger partial charge in [0.2, 0.25) is 5.89 Å². The summed E-state index contributed by atoms with van der Waals surface area (Å²) in [6, 6.07) is 4.43. The largest absolute Gasteiger partial charge is 0.363 e. The van der Waals surface area contributed by atoms with Crippen molar-refractivity contribution < 1.29 is 4.52 Å². The molecule has 0 bridgehead atoms. The first-order valence-electron chi connectivity index (χ1n) is 7.80. The summed E-state index contributed by atoms with van der Waals surface area (Å²) >= 11 is 0. The van der Waals surface area contributed by atoms with Crippen LogP contribution in [0.4, 0.5) is 5.82 Å². The number of rotatable bonds is 4. The molecule has 0 aliphatic carbocycles. The number of nitrogens with zero attached hydrogens (tertiary/aromatic N) is 5. The van der Waals surface area contributed by atoms with Gasteiger partial charge in [0.15, 0.2) is 5.82 Å². The number of hydrogen-bond donors (Lipinski definition) is 0. The summed E-state index contributed by atoms with van der Waals surface area (Å²) in [5.74, 6) is 2.43. The number of pyridine rings is 1. The van der Waals surface area contributed by atoms with Crippen molar-refractivity contribution in [2.75, 3.05) is 25.5 Å². The highest BCUT2D eigenvalue weighted by atomic mass is 16.5. The highest BCUT2D eigenvalue weighted by Gasteiger charge is 2.28. The molecule has 0 aromatic carbocycles. The summed E-state index contributed by atoms with van der Waals surface area (Å²) < 4.78 is 5.40. The third-order valence-corrected chi connectivity index (χ3v) is 4.09. The lowest BCUT2D eigenvalue weighted by Crippen LogP contribution is -2.33. The molecule has 118 valence electrons. The number of aryl methyl sites for hydroxylation is 1. The van der Waals surface area contributed by atoms with Gasteiger partial charge in [0.05, 0.1) is 6.04 Å². The minimum Gasteiger partial charge on any atom is -0.363 e. The minimum absolute atomic E-state index is 0.225. The molecule has 22 heavy (non-hydrogen) atoms. The Kier molecular flexibility index (Phi) is 4.38. The Morgan fingerprint density at radius 3 is 2.82 bits per heavy atom. The van der Waals surface area contributed by atoms with Crippen LogP contribution in [0.5, 0.6) is 0 Å². The first-order chi connectivity index (χ1) is 10.6. The Bertz CT molecular complexity index is 607. The maximum absolute atomic E-state index is 5.40. The summed E-state index contributed by atoms with van der Waals surface area (Å²) in [7, 11) is 4.00. The van der Waals surface area contributed by atoms with Crippen LogP contribution in [0.3, 0.4) is 0 Å². The second-order valence-electron chi connectivity index (χ2n) is 6.08. The van der Waals surface area contributed by atoms with Gasteiger partial charge in [0.1, 0.15) is 5.82 Å². The van der Waals surface area contributed by atoms with E-state index in [1.165, 1.54) is 18.4 Å². The van der Waals surface area contributed by atoms with Crippen molar-refractivity contribution in [1.29, 1.82) is 0 Å². The van der Waals surface area contributed by atoms with Gasteiger partial charge in [-0.3, -0.25) is 4.90 Å². The van der Waals surface area contributed by atoms with Gasteiger partial charge in [-0.05, 0) is 37.9 Å². The third kappa shape index (κ3) is 3.27. The molecule has 3 rings (SSSR count). The first-order valence-corrected chi connectivity index (χ1v) is 7.80. The summed E-state index contributed by atoms with van der Waals surface area (Å²) in [6.45, 7) is 3.79. The molecule has 0 spiro atoms. The molecule has 1 aliphatic heterocycles. The molecule has 0 amide bonds. The fraction of sp³-hybridized carbons (Fsp3) is 0.562. The maximum atomic E-state index is 5.40. The molecule has 1 saturated heterocycles. The molecule has 1 unspecified atom stereocenters. The monoisotopic (exact) mass is 301 g/mol. The van der Waals surface area contributed by atoms with E-state index in [1.54, 1.807) is 0 Å². The van der Waals surface area contributed by atoms with E-state index in [1.807, 2.05) is 32.1 Å². The Labute approximate surface area is 131 Å². The molecular formula is C16H23N5O. The smallest absolute Gasteiger partial charge is 0.243 e. The van der Waals surface area contributed by atoms with Crippen molar-refractivity contribution in [3.63, 3.8) is 0 Å². The first kappa shape index (κ1) is 15.0. The molecule has 1 atom stereocenters. The fourth-order valence-corrected chi connectivity index (χ4v) is 2.92. The van der Waals surface area contributed by atoms with E-state index >= 15 is 0 Å². The van der Waals surface area contributed by atoms with Crippen LogP contribution in [-0.4, -0.2) is 40.7 Å². The number of hydrogen-bond acceptors (Lipinski definition) is 6. The quantitative estimate of drug-likeness (QED) is 0.865. The Hall–Kier alpha value is -1.95. The predicted octanol–water partition coefficient (Wildman–Crippen LogP) is 2.57. The second kappa shape index (κ2) is 6.44. The molecule has 0 N–H and O–H groups in total. The maximum Gasteiger partial charge on any atom is 0.243 e. The molecule has 0 saturated carbocycles. The molecule has 6 heteroatoms. The average Bonchev–Trinajstić information content (AvgIpc) is 2.95. The highest BCUT2D eigenvalue weighted by molar-refractivity contribution is 5.37. The van der Waals surface area contributed by atoms with Gasteiger partial charge in [-0.15, -0.1) is 0 Å². The Balaban J connectivity index is 1.73. The number of piperidine rings is 1. The van der Waals surface area contributed by atoms with E-state index in [9.17, 15) is 0 Å². The van der Waals surface area contributed by atoms with Gasteiger partial charge in [0, 0.05) is 26.8 Å². The summed E-state index contributed by atoms with van der Waals surface area (Å²) in [5, 5.41) is 3.93. The van der Waals surface area contributed by atoms with E-state index in [2.05, 4.69) is 32.2 Å². The molecule has 1 fully saturated rings. The van der Waals surface area contributed by atoms with Crippen LogP contribution in [0, 0.1) is 6.92 Å². The van der Waals surface area contributed by atoms with Crippen LogP contribution < -0.4 is 4.90 Å². The molecule has 3 heterocycles. The molecule has 2 aromatic rings. The van der Waals surface area contributed by atoms with Crippen LogP contribution in [0.25, 0.3) is 0 Å². The SMILES string of the molecule is Cc1noc(C2CCCCN2Cc2ccc(N(C)C)nc2)n1. The van der Waals surface area contributed by atoms with Crippen LogP contribution >= 0.6 is 0 Å². The topological polar surface area (TPSA) is 58.3 Å². The lowest BCUT2D eigenvalue weighted by Gasteiger charge is -2.33. The van der Waals surface area contributed by atoms with Gasteiger partial charge in [0.25, 0.3) is 0 Å². The van der Waals surface area contributed by atoms with Crippen LogP contribution in [0.15, 0.2) is 22.9 Å². The average molecular weight is 301 g/mol. The van der Waals surface area contributed by atoms with Crippen molar-refractivity contribution in [1.82, 2.24) is 20.0 Å². The summed E-state index contributed by atoms with van der Waals surface area (Å²) in [4.78, 5) is 13.3. The molecule has 2 aromatic heterocycles. The van der Waals surface area contributed by atoms with Crippen molar-refractivity contribution in [3.8, 4) is 0 Å². The zero-order valence-electron chi connectivity index (χ0n) is 13.5. The zero-order chi connectivity index (χ0) is 15.5. The van der Waals surface area contributed by atoms with Gasteiger partial charge in [-0.25, -0.2) is 4.98 Å². The number of aromatic nitrogens is 3. The predicted molar refractivity (Wildman–Crippen MR) is 84.6 cm³/mol. The fourth-order valence-electron chi connectivity index (χ4n) is 2.92. The van der Waals surface area contributed by atoms with Crippen molar-refractivity contribution >= 4 is 5.82 Å². The lowest BCUT2D eigenvalue weighted by atomic mass is 10.0. The van der Waals surface area contributed by atoms with E-state index < -0.39 is 0 Å². The van der Waals surface area contributed by atoms with Gasteiger partial charge >= 0.3 is 0 Å². The molecule has 0 radical (unpaired) electrons. The van der Waals surface area contributed by atoms with Crippen molar-refractivity contribution in [2.24, 2.45) is 0 Å².